The Labute approximate surface area is 166 Å². The summed E-state index contributed by atoms with van der Waals surface area (Å²) >= 11 is 0. The Kier molecular flexibility index (Phi) is 14.5. The summed E-state index contributed by atoms with van der Waals surface area (Å²) in [6.07, 6.45) is 11.1. The molecule has 0 aliphatic carbocycles. The molecule has 0 N–H and O–H groups in total. The maximum absolute atomic E-state index is 10.5. The lowest BCUT2D eigenvalue weighted by Gasteiger charge is -2.39. The van der Waals surface area contributed by atoms with Gasteiger partial charge in [-0.1, -0.05) is 65.5 Å². The van der Waals surface area contributed by atoms with Crippen LogP contribution in [-0.2, 0) is 0 Å². The highest BCUT2D eigenvalue weighted by atomic mass is 16.6. The van der Waals surface area contributed by atoms with Gasteiger partial charge in [-0.25, -0.2) is 0 Å². The van der Waals surface area contributed by atoms with Crippen LogP contribution in [0.3, 0.4) is 0 Å². The van der Waals surface area contributed by atoms with Crippen LogP contribution in [0.4, 0.5) is 5.69 Å². The summed E-state index contributed by atoms with van der Waals surface area (Å²) in [5, 5.41) is 20.5. The van der Waals surface area contributed by atoms with E-state index < -0.39 is 4.92 Å². The number of hydrogen-bond donors (Lipinski definition) is 0. The van der Waals surface area contributed by atoms with Gasteiger partial charge in [-0.3, -0.25) is 10.1 Å². The minimum absolute atomic E-state index is 0.160. The van der Waals surface area contributed by atoms with Crippen molar-refractivity contribution in [3.8, 4) is 5.75 Å². The first-order valence-electron chi connectivity index (χ1n) is 10.7. The summed E-state index contributed by atoms with van der Waals surface area (Å²) < 4.78 is 1.42. The summed E-state index contributed by atoms with van der Waals surface area (Å²) in [6.45, 7) is 15.0. The molecule has 5 heteroatoms. The van der Waals surface area contributed by atoms with E-state index in [-0.39, 0.29) is 11.4 Å². The number of non-ortho nitro benzene ring substituents is 1. The molecule has 5 nitrogen and oxygen atoms in total. The Morgan fingerprint density at radius 1 is 0.815 bits per heavy atom. The van der Waals surface area contributed by atoms with Gasteiger partial charge in [0.1, 0.15) is 0 Å². The minimum atomic E-state index is -0.596. The van der Waals surface area contributed by atoms with Crippen LogP contribution in [0.5, 0.6) is 5.75 Å². The van der Waals surface area contributed by atoms with E-state index in [1.807, 2.05) is 0 Å². The van der Waals surface area contributed by atoms with Crippen LogP contribution in [0.15, 0.2) is 24.3 Å². The van der Waals surface area contributed by atoms with Crippen molar-refractivity contribution in [3.63, 3.8) is 0 Å². The first-order chi connectivity index (χ1) is 12.9. The summed E-state index contributed by atoms with van der Waals surface area (Å²) in [5.74, 6) is -0.339. The van der Waals surface area contributed by atoms with Gasteiger partial charge < -0.3 is 9.59 Å². The molecule has 0 saturated carbocycles. The van der Waals surface area contributed by atoms with Crippen LogP contribution < -0.4 is 5.11 Å². The highest BCUT2D eigenvalue weighted by Gasteiger charge is 2.24. The Morgan fingerprint density at radius 3 is 1.48 bits per heavy atom. The van der Waals surface area contributed by atoms with E-state index in [0.29, 0.717) is 0 Å². The average molecular weight is 381 g/mol. The van der Waals surface area contributed by atoms with Crippen LogP contribution in [0.1, 0.15) is 79.1 Å². The molecule has 0 bridgehead atoms. The van der Waals surface area contributed by atoms with Gasteiger partial charge in [-0.15, -0.1) is 5.75 Å². The maximum Gasteiger partial charge on any atom is 0.268 e. The molecule has 1 aromatic rings. The smallest absolute Gasteiger partial charge is 0.268 e. The third-order valence-electron chi connectivity index (χ3n) is 4.97. The number of nitrogens with zero attached hydrogens (tertiary/aromatic N) is 2. The Hall–Kier alpha value is -1.62. The van der Waals surface area contributed by atoms with Crippen molar-refractivity contribution in [2.24, 2.45) is 0 Å². The van der Waals surface area contributed by atoms with Crippen molar-refractivity contribution in [1.29, 1.82) is 0 Å². The number of rotatable bonds is 13. The Balaban J connectivity index is 0.000000569. The summed E-state index contributed by atoms with van der Waals surface area (Å²) in [6, 6.07) is 4.90. The molecule has 1 aromatic carbocycles. The number of quaternary nitrogens is 1. The normalized spacial score (nSPS) is 11.0. The molecule has 0 saturated heterocycles. The SMILES string of the molecule is CCCC[N+](CCCC)(CCCC)CCCC.O=[N+]([O-])c1cccc([O-])c1. The van der Waals surface area contributed by atoms with E-state index >= 15 is 0 Å². The monoisotopic (exact) mass is 380 g/mol. The first-order valence-corrected chi connectivity index (χ1v) is 10.7. The van der Waals surface area contributed by atoms with Gasteiger partial charge in [-0.2, -0.15) is 0 Å². The summed E-state index contributed by atoms with van der Waals surface area (Å²) in [4.78, 5) is 9.42. The van der Waals surface area contributed by atoms with Crippen LogP contribution >= 0.6 is 0 Å². The van der Waals surface area contributed by atoms with Gasteiger partial charge in [0.05, 0.1) is 31.1 Å². The number of hydrogen-bond acceptors (Lipinski definition) is 3. The summed E-state index contributed by atoms with van der Waals surface area (Å²) in [5.41, 5.74) is -0.160. The predicted molar refractivity (Wildman–Crippen MR) is 112 cm³/mol. The zero-order chi connectivity index (χ0) is 20.5. The number of nitro groups is 1. The first kappa shape index (κ1) is 25.4. The third-order valence-corrected chi connectivity index (χ3v) is 4.97. The fourth-order valence-corrected chi connectivity index (χ4v) is 3.24. The van der Waals surface area contributed by atoms with Crippen LogP contribution in [-0.4, -0.2) is 35.6 Å². The largest absolute Gasteiger partial charge is 0.872 e. The topological polar surface area (TPSA) is 66.2 Å². The predicted octanol–water partition coefficient (Wildman–Crippen LogP) is 5.67. The lowest BCUT2D eigenvalue weighted by Crippen LogP contribution is -2.50. The maximum atomic E-state index is 10.5. The molecule has 0 atom stereocenters. The Bertz CT molecular complexity index is 469. The quantitative estimate of drug-likeness (QED) is 0.251. The molecule has 0 heterocycles. The Morgan fingerprint density at radius 2 is 1.22 bits per heavy atom. The number of nitro benzene ring substituents is 1. The number of benzene rings is 1. The minimum Gasteiger partial charge on any atom is -0.872 e. The van der Waals surface area contributed by atoms with Gasteiger partial charge in [0.15, 0.2) is 0 Å². The molecule has 0 unspecified atom stereocenters. The molecule has 0 aliphatic heterocycles. The molecule has 0 aromatic heterocycles. The molecule has 0 amide bonds. The van der Waals surface area contributed by atoms with E-state index in [1.54, 1.807) is 0 Å². The van der Waals surface area contributed by atoms with Crippen molar-refractivity contribution in [2.45, 2.75) is 79.1 Å². The molecular formula is C22H40N2O3. The van der Waals surface area contributed by atoms with Crippen LogP contribution in [0.25, 0.3) is 0 Å². The van der Waals surface area contributed by atoms with E-state index in [0.717, 1.165) is 6.07 Å². The lowest BCUT2D eigenvalue weighted by atomic mass is 10.1. The van der Waals surface area contributed by atoms with Crippen molar-refractivity contribution in [1.82, 2.24) is 0 Å². The molecule has 1 rings (SSSR count). The molecule has 156 valence electrons. The fraction of sp³-hybridized carbons (Fsp3) is 0.727. The van der Waals surface area contributed by atoms with Crippen LogP contribution in [0, 0.1) is 10.1 Å². The lowest BCUT2D eigenvalue weighted by molar-refractivity contribution is -0.929. The second-order valence-corrected chi connectivity index (χ2v) is 7.40. The van der Waals surface area contributed by atoms with E-state index in [1.165, 1.54) is 100 Å². The highest BCUT2D eigenvalue weighted by Crippen LogP contribution is 2.16. The van der Waals surface area contributed by atoms with E-state index in [2.05, 4.69) is 27.7 Å². The van der Waals surface area contributed by atoms with Crippen LogP contribution in [0.2, 0.25) is 0 Å². The molecule has 0 radical (unpaired) electrons. The van der Waals surface area contributed by atoms with Gasteiger partial charge in [0, 0.05) is 12.1 Å². The number of unbranched alkanes of at least 4 members (excludes halogenated alkanes) is 4. The molecule has 0 aliphatic rings. The second-order valence-electron chi connectivity index (χ2n) is 7.40. The van der Waals surface area contributed by atoms with Crippen molar-refractivity contribution in [2.75, 3.05) is 26.2 Å². The molecule has 27 heavy (non-hydrogen) atoms. The molecular weight excluding hydrogens is 340 g/mol. The van der Waals surface area contributed by atoms with E-state index in [4.69, 9.17) is 0 Å². The average Bonchev–Trinajstić information content (AvgIpc) is 2.67. The summed E-state index contributed by atoms with van der Waals surface area (Å²) in [7, 11) is 0. The van der Waals surface area contributed by atoms with E-state index in [9.17, 15) is 15.2 Å². The fourth-order valence-electron chi connectivity index (χ4n) is 3.24. The van der Waals surface area contributed by atoms with Gasteiger partial charge in [-0.05, 0) is 25.7 Å². The highest BCUT2D eigenvalue weighted by molar-refractivity contribution is 5.36. The zero-order valence-electron chi connectivity index (χ0n) is 17.9. The second kappa shape index (κ2) is 15.4. The third kappa shape index (κ3) is 11.6. The zero-order valence-corrected chi connectivity index (χ0v) is 17.9. The van der Waals surface area contributed by atoms with Crippen molar-refractivity contribution >= 4 is 5.69 Å². The van der Waals surface area contributed by atoms with Gasteiger partial charge in [0.2, 0.25) is 0 Å². The standard InChI is InChI=1S/C16H36N.C6H5NO3/c1-5-9-13-17(14-10-6-2,15-11-7-3)16-12-8-4;8-6-3-1-2-5(4-6)7(9)10/h5-16H2,1-4H3;1-4,8H/q+1;/p-1. The van der Waals surface area contributed by atoms with Crippen molar-refractivity contribution in [3.05, 3.63) is 34.4 Å². The van der Waals surface area contributed by atoms with Gasteiger partial charge in [0.25, 0.3) is 5.69 Å². The van der Waals surface area contributed by atoms with Crippen molar-refractivity contribution < 1.29 is 14.5 Å². The molecule has 0 spiro atoms. The van der Waals surface area contributed by atoms with Gasteiger partial charge >= 0.3 is 0 Å². The molecule has 0 fully saturated rings.